The van der Waals surface area contributed by atoms with Crippen LogP contribution in [0.5, 0.6) is 0 Å². The largest absolute Gasteiger partial charge is 0.350 e. The summed E-state index contributed by atoms with van der Waals surface area (Å²) in [5.41, 5.74) is 4.53. The van der Waals surface area contributed by atoms with Crippen molar-refractivity contribution < 1.29 is 14.4 Å². The number of thiophene rings is 1. The minimum atomic E-state index is -0.415. The van der Waals surface area contributed by atoms with Crippen molar-refractivity contribution in [1.82, 2.24) is 0 Å². The number of benzene rings is 2. The molecule has 2 aromatic carbocycles. The number of hydrogen-bond donors (Lipinski definition) is 2. The Kier molecular flexibility index (Phi) is 5.44. The van der Waals surface area contributed by atoms with Crippen LogP contribution in [0.2, 0.25) is 0 Å². The summed E-state index contributed by atoms with van der Waals surface area (Å²) in [6.07, 6.45) is 0. The first-order valence-corrected chi connectivity index (χ1v) is 10.6. The van der Waals surface area contributed by atoms with Crippen LogP contribution in [0.3, 0.4) is 0 Å². The van der Waals surface area contributed by atoms with Gasteiger partial charge in [-0.15, -0.1) is 11.3 Å². The Hall–Kier alpha value is -3.71. The second-order valence-corrected chi connectivity index (χ2v) is 8.22. The van der Waals surface area contributed by atoms with Gasteiger partial charge >= 0.3 is 0 Å². The number of anilines is 3. The SMILES string of the molecule is CC(=O)Nc1ccc(N2C(=O)C(Nc3cccc(C)c3C)=C(c3cccs3)C2=O)cc1. The third-order valence-electron chi connectivity index (χ3n) is 5.16. The predicted octanol–water partition coefficient (Wildman–Crippen LogP) is 4.72. The zero-order chi connectivity index (χ0) is 22.1. The average molecular weight is 432 g/mol. The van der Waals surface area contributed by atoms with Gasteiger partial charge in [0.25, 0.3) is 11.8 Å². The predicted molar refractivity (Wildman–Crippen MR) is 124 cm³/mol. The quantitative estimate of drug-likeness (QED) is 0.573. The van der Waals surface area contributed by atoms with E-state index >= 15 is 0 Å². The normalized spacial score (nSPS) is 13.7. The third-order valence-corrected chi connectivity index (χ3v) is 6.05. The van der Waals surface area contributed by atoms with E-state index in [9.17, 15) is 14.4 Å². The highest BCUT2D eigenvalue weighted by atomic mass is 32.1. The van der Waals surface area contributed by atoms with Gasteiger partial charge in [-0.2, -0.15) is 0 Å². The molecule has 0 fully saturated rings. The van der Waals surface area contributed by atoms with Crippen LogP contribution in [0.1, 0.15) is 22.9 Å². The van der Waals surface area contributed by atoms with Crippen LogP contribution >= 0.6 is 11.3 Å². The maximum Gasteiger partial charge on any atom is 0.282 e. The van der Waals surface area contributed by atoms with Gasteiger partial charge in [0.1, 0.15) is 5.70 Å². The van der Waals surface area contributed by atoms with Gasteiger partial charge in [0, 0.05) is 23.2 Å². The van der Waals surface area contributed by atoms with E-state index in [1.165, 1.54) is 23.2 Å². The van der Waals surface area contributed by atoms with E-state index in [-0.39, 0.29) is 17.5 Å². The number of hydrogen-bond acceptors (Lipinski definition) is 5. The number of aryl methyl sites for hydroxylation is 1. The number of carbonyl (C=O) groups excluding carboxylic acids is 3. The lowest BCUT2D eigenvalue weighted by Gasteiger charge is -2.16. The monoisotopic (exact) mass is 431 g/mol. The van der Waals surface area contributed by atoms with E-state index in [0.717, 1.165) is 21.7 Å². The number of amides is 3. The first kappa shape index (κ1) is 20.6. The topological polar surface area (TPSA) is 78.5 Å². The molecule has 0 saturated carbocycles. The van der Waals surface area contributed by atoms with Crippen molar-refractivity contribution in [2.45, 2.75) is 20.8 Å². The van der Waals surface area contributed by atoms with E-state index in [4.69, 9.17) is 0 Å². The minimum Gasteiger partial charge on any atom is -0.350 e. The van der Waals surface area contributed by atoms with Gasteiger partial charge in [-0.05, 0) is 66.8 Å². The summed E-state index contributed by atoms with van der Waals surface area (Å²) in [4.78, 5) is 39.9. The fourth-order valence-corrected chi connectivity index (χ4v) is 4.22. The van der Waals surface area contributed by atoms with Crippen molar-refractivity contribution in [3.05, 3.63) is 81.7 Å². The Bertz CT molecular complexity index is 1210. The Labute approximate surface area is 184 Å². The third kappa shape index (κ3) is 3.87. The molecule has 0 spiro atoms. The second-order valence-electron chi connectivity index (χ2n) is 7.27. The molecule has 3 aromatic rings. The van der Waals surface area contributed by atoms with Gasteiger partial charge in [-0.3, -0.25) is 14.4 Å². The van der Waals surface area contributed by atoms with Crippen molar-refractivity contribution in [2.24, 2.45) is 0 Å². The molecule has 0 saturated heterocycles. The highest BCUT2D eigenvalue weighted by Gasteiger charge is 2.40. The molecule has 0 radical (unpaired) electrons. The van der Waals surface area contributed by atoms with Gasteiger partial charge in [0.2, 0.25) is 5.91 Å². The molecule has 2 heterocycles. The minimum absolute atomic E-state index is 0.192. The van der Waals surface area contributed by atoms with Crippen LogP contribution in [0.4, 0.5) is 17.1 Å². The molecule has 7 heteroatoms. The Morgan fingerprint density at radius 2 is 1.68 bits per heavy atom. The molecule has 1 aromatic heterocycles. The summed E-state index contributed by atoms with van der Waals surface area (Å²) < 4.78 is 0. The highest BCUT2D eigenvalue weighted by molar-refractivity contribution is 7.11. The summed E-state index contributed by atoms with van der Waals surface area (Å²) >= 11 is 1.41. The first-order valence-electron chi connectivity index (χ1n) is 9.74. The van der Waals surface area contributed by atoms with Gasteiger partial charge < -0.3 is 10.6 Å². The van der Waals surface area contributed by atoms with Crippen LogP contribution in [0.15, 0.2) is 65.7 Å². The molecule has 31 heavy (non-hydrogen) atoms. The van der Waals surface area contributed by atoms with E-state index in [1.807, 2.05) is 49.6 Å². The van der Waals surface area contributed by atoms with Crippen LogP contribution in [-0.4, -0.2) is 17.7 Å². The Morgan fingerprint density at radius 3 is 2.32 bits per heavy atom. The number of rotatable bonds is 5. The maximum absolute atomic E-state index is 13.4. The molecule has 0 bridgehead atoms. The molecule has 6 nitrogen and oxygen atoms in total. The molecule has 0 atom stereocenters. The Balaban J connectivity index is 1.74. The lowest BCUT2D eigenvalue weighted by atomic mass is 10.1. The van der Waals surface area contributed by atoms with Crippen molar-refractivity contribution in [3.8, 4) is 0 Å². The summed E-state index contributed by atoms with van der Waals surface area (Å²) in [5.74, 6) is -0.989. The number of carbonyl (C=O) groups is 3. The van der Waals surface area contributed by atoms with E-state index in [2.05, 4.69) is 10.6 Å². The molecule has 156 valence electrons. The van der Waals surface area contributed by atoms with Crippen LogP contribution < -0.4 is 15.5 Å². The van der Waals surface area contributed by atoms with Crippen molar-refractivity contribution in [1.29, 1.82) is 0 Å². The highest BCUT2D eigenvalue weighted by Crippen LogP contribution is 2.36. The molecule has 1 aliphatic heterocycles. The number of nitrogens with one attached hydrogen (secondary N) is 2. The molecule has 4 rings (SSSR count). The standard InChI is InChI=1S/C24H21N3O3S/c1-14-6-4-7-19(15(14)2)26-22-21(20-8-5-13-31-20)23(29)27(24(22)30)18-11-9-17(10-12-18)25-16(3)28/h4-13,26H,1-3H3,(H,25,28). The van der Waals surface area contributed by atoms with Crippen molar-refractivity contribution >= 4 is 51.7 Å². The second kappa shape index (κ2) is 8.20. The summed E-state index contributed by atoms with van der Waals surface area (Å²) in [5, 5.41) is 7.78. The molecular weight excluding hydrogens is 410 g/mol. The fourth-order valence-electron chi connectivity index (χ4n) is 3.45. The number of nitrogens with zero attached hydrogens (tertiary/aromatic N) is 1. The zero-order valence-corrected chi connectivity index (χ0v) is 18.2. The molecular formula is C24H21N3O3S. The first-order chi connectivity index (χ1) is 14.9. The van der Waals surface area contributed by atoms with Crippen LogP contribution in [-0.2, 0) is 14.4 Å². The van der Waals surface area contributed by atoms with E-state index in [1.54, 1.807) is 24.3 Å². The fraction of sp³-hybridized carbons (Fsp3) is 0.125. The maximum atomic E-state index is 13.4. The van der Waals surface area contributed by atoms with Gasteiger partial charge in [0.15, 0.2) is 0 Å². The van der Waals surface area contributed by atoms with Crippen LogP contribution in [0.25, 0.3) is 5.57 Å². The van der Waals surface area contributed by atoms with Crippen molar-refractivity contribution in [3.63, 3.8) is 0 Å². The molecule has 1 aliphatic rings. The van der Waals surface area contributed by atoms with Crippen LogP contribution in [0, 0.1) is 13.8 Å². The summed E-state index contributed by atoms with van der Waals surface area (Å²) in [6, 6.07) is 16.1. The lowest BCUT2D eigenvalue weighted by molar-refractivity contribution is -0.120. The summed E-state index contributed by atoms with van der Waals surface area (Å²) in [7, 11) is 0. The molecule has 0 unspecified atom stereocenters. The smallest absolute Gasteiger partial charge is 0.282 e. The molecule has 0 aliphatic carbocycles. The van der Waals surface area contributed by atoms with Gasteiger partial charge in [0.05, 0.1) is 11.3 Å². The lowest BCUT2D eigenvalue weighted by Crippen LogP contribution is -2.32. The Morgan fingerprint density at radius 1 is 0.935 bits per heavy atom. The number of imide groups is 1. The van der Waals surface area contributed by atoms with Gasteiger partial charge in [-0.1, -0.05) is 18.2 Å². The molecule has 3 amide bonds. The molecule has 2 N–H and O–H groups in total. The van der Waals surface area contributed by atoms with E-state index < -0.39 is 5.91 Å². The van der Waals surface area contributed by atoms with E-state index in [0.29, 0.717) is 16.9 Å². The average Bonchev–Trinajstić information content (AvgIpc) is 3.33. The zero-order valence-electron chi connectivity index (χ0n) is 17.4. The van der Waals surface area contributed by atoms with Gasteiger partial charge in [-0.25, -0.2) is 4.90 Å². The summed E-state index contributed by atoms with van der Waals surface area (Å²) in [6.45, 7) is 5.40. The van der Waals surface area contributed by atoms with Crippen molar-refractivity contribution in [2.75, 3.05) is 15.5 Å².